The van der Waals surface area contributed by atoms with Crippen LogP contribution in [0.25, 0.3) is 10.6 Å². The van der Waals surface area contributed by atoms with E-state index in [0.29, 0.717) is 18.8 Å². The summed E-state index contributed by atoms with van der Waals surface area (Å²) in [6.07, 6.45) is 1.67. The van der Waals surface area contributed by atoms with Gasteiger partial charge in [0.05, 0.1) is 12.7 Å². The molecule has 156 valence electrons. The van der Waals surface area contributed by atoms with Crippen molar-refractivity contribution in [3.8, 4) is 22.1 Å². The predicted octanol–water partition coefficient (Wildman–Crippen LogP) is 4.14. The standard InChI is InChI=1S/C22H22FN3O3S/c1-28-19-5-3-2-4-18(19)22-25-24-21(30-22)15-10-12-26(13-11-15)20(27)14-29-17-8-6-16(23)7-9-17/h2-9,15H,10-14H2,1H3. The summed E-state index contributed by atoms with van der Waals surface area (Å²) in [5.41, 5.74) is 0.939. The van der Waals surface area contributed by atoms with Crippen LogP contribution in [0.3, 0.4) is 0 Å². The van der Waals surface area contributed by atoms with Crippen LogP contribution in [0, 0.1) is 5.82 Å². The first-order valence-electron chi connectivity index (χ1n) is 9.77. The average Bonchev–Trinajstić information content (AvgIpc) is 3.28. The number of hydrogen-bond donors (Lipinski definition) is 0. The number of methoxy groups -OCH3 is 1. The molecule has 0 atom stereocenters. The summed E-state index contributed by atoms with van der Waals surface area (Å²) in [4.78, 5) is 14.2. The maximum atomic E-state index is 12.9. The minimum absolute atomic E-state index is 0.0486. The Labute approximate surface area is 178 Å². The Kier molecular flexibility index (Phi) is 6.23. The first kappa shape index (κ1) is 20.3. The molecule has 1 aromatic heterocycles. The molecule has 2 aromatic carbocycles. The molecule has 1 aliphatic rings. The van der Waals surface area contributed by atoms with Crippen molar-refractivity contribution in [2.24, 2.45) is 0 Å². The van der Waals surface area contributed by atoms with Gasteiger partial charge >= 0.3 is 0 Å². The van der Waals surface area contributed by atoms with Gasteiger partial charge in [-0.15, -0.1) is 10.2 Å². The monoisotopic (exact) mass is 427 g/mol. The van der Waals surface area contributed by atoms with E-state index < -0.39 is 0 Å². The fraction of sp³-hybridized carbons (Fsp3) is 0.318. The lowest BCUT2D eigenvalue weighted by molar-refractivity contribution is -0.134. The number of halogens is 1. The number of carbonyl (C=O) groups excluding carboxylic acids is 1. The third kappa shape index (κ3) is 4.59. The van der Waals surface area contributed by atoms with Crippen LogP contribution in [0.15, 0.2) is 48.5 Å². The van der Waals surface area contributed by atoms with E-state index in [9.17, 15) is 9.18 Å². The van der Waals surface area contributed by atoms with E-state index >= 15 is 0 Å². The molecular formula is C22H22FN3O3S. The first-order chi connectivity index (χ1) is 14.6. The lowest BCUT2D eigenvalue weighted by atomic mass is 9.98. The Balaban J connectivity index is 1.32. The maximum Gasteiger partial charge on any atom is 0.260 e. The Hall–Kier alpha value is -3.00. The van der Waals surface area contributed by atoms with Crippen LogP contribution in [0.4, 0.5) is 4.39 Å². The summed E-state index contributed by atoms with van der Waals surface area (Å²) in [6, 6.07) is 13.4. The van der Waals surface area contributed by atoms with Gasteiger partial charge in [0, 0.05) is 19.0 Å². The van der Waals surface area contributed by atoms with Crippen LogP contribution >= 0.6 is 11.3 Å². The Morgan fingerprint density at radius 3 is 2.60 bits per heavy atom. The fourth-order valence-corrected chi connectivity index (χ4v) is 4.52. The summed E-state index contributed by atoms with van der Waals surface area (Å²) in [6.45, 7) is 1.26. The minimum atomic E-state index is -0.332. The van der Waals surface area contributed by atoms with Gasteiger partial charge in [0.2, 0.25) is 0 Å². The highest BCUT2D eigenvalue weighted by molar-refractivity contribution is 7.14. The van der Waals surface area contributed by atoms with Crippen LogP contribution in [0.2, 0.25) is 0 Å². The molecular weight excluding hydrogens is 405 g/mol. The van der Waals surface area contributed by atoms with E-state index in [0.717, 1.165) is 34.2 Å². The molecule has 1 fully saturated rings. The zero-order valence-electron chi connectivity index (χ0n) is 16.6. The third-order valence-corrected chi connectivity index (χ3v) is 6.27. The van der Waals surface area contributed by atoms with E-state index in [-0.39, 0.29) is 24.2 Å². The zero-order valence-corrected chi connectivity index (χ0v) is 17.4. The van der Waals surface area contributed by atoms with Crippen molar-refractivity contribution in [3.05, 3.63) is 59.4 Å². The normalized spacial score (nSPS) is 14.5. The van der Waals surface area contributed by atoms with Crippen molar-refractivity contribution in [3.63, 3.8) is 0 Å². The largest absolute Gasteiger partial charge is 0.496 e. The van der Waals surface area contributed by atoms with E-state index in [1.807, 2.05) is 29.2 Å². The highest BCUT2D eigenvalue weighted by Gasteiger charge is 2.27. The molecule has 0 N–H and O–H groups in total. The number of benzene rings is 2. The van der Waals surface area contributed by atoms with Gasteiger partial charge in [-0.25, -0.2) is 4.39 Å². The number of likely N-dealkylation sites (tertiary alicyclic amines) is 1. The van der Waals surface area contributed by atoms with Gasteiger partial charge in [-0.05, 0) is 49.2 Å². The Bertz CT molecular complexity index is 1000. The van der Waals surface area contributed by atoms with Gasteiger partial charge in [-0.2, -0.15) is 0 Å². The van der Waals surface area contributed by atoms with Crippen LogP contribution in [-0.2, 0) is 4.79 Å². The molecule has 1 aliphatic heterocycles. The SMILES string of the molecule is COc1ccccc1-c1nnc(C2CCN(C(=O)COc3ccc(F)cc3)CC2)s1. The molecule has 3 aromatic rings. The molecule has 0 aliphatic carbocycles. The van der Waals surface area contributed by atoms with Gasteiger partial charge in [0.25, 0.3) is 5.91 Å². The van der Waals surface area contributed by atoms with Crippen molar-refractivity contribution in [2.75, 3.05) is 26.8 Å². The zero-order chi connectivity index (χ0) is 20.9. The molecule has 0 bridgehead atoms. The molecule has 0 saturated carbocycles. The van der Waals surface area contributed by atoms with E-state index in [2.05, 4.69) is 10.2 Å². The number of aromatic nitrogens is 2. The van der Waals surface area contributed by atoms with Gasteiger partial charge in [-0.1, -0.05) is 23.5 Å². The minimum Gasteiger partial charge on any atom is -0.496 e. The number of piperidine rings is 1. The quantitative estimate of drug-likeness (QED) is 0.592. The second kappa shape index (κ2) is 9.21. The molecule has 1 amide bonds. The van der Waals surface area contributed by atoms with Crippen molar-refractivity contribution >= 4 is 17.2 Å². The highest BCUT2D eigenvalue weighted by atomic mass is 32.1. The molecule has 8 heteroatoms. The lowest BCUT2D eigenvalue weighted by Crippen LogP contribution is -2.40. The van der Waals surface area contributed by atoms with Gasteiger partial charge in [0.15, 0.2) is 11.6 Å². The third-order valence-electron chi connectivity index (χ3n) is 5.15. The lowest BCUT2D eigenvalue weighted by Gasteiger charge is -2.30. The molecule has 6 nitrogen and oxygen atoms in total. The molecule has 0 unspecified atom stereocenters. The molecule has 1 saturated heterocycles. The van der Waals surface area contributed by atoms with E-state index in [1.165, 1.54) is 24.3 Å². The number of amides is 1. The number of hydrogen-bond acceptors (Lipinski definition) is 6. The van der Waals surface area contributed by atoms with E-state index in [1.54, 1.807) is 18.4 Å². The number of ether oxygens (including phenoxy) is 2. The molecule has 0 radical (unpaired) electrons. The summed E-state index contributed by atoms with van der Waals surface area (Å²) in [5, 5.41) is 10.6. The fourth-order valence-electron chi connectivity index (χ4n) is 3.47. The highest BCUT2D eigenvalue weighted by Crippen LogP contribution is 2.36. The van der Waals surface area contributed by atoms with Crippen LogP contribution in [0.1, 0.15) is 23.8 Å². The van der Waals surface area contributed by atoms with E-state index in [4.69, 9.17) is 9.47 Å². The number of carbonyl (C=O) groups is 1. The molecule has 0 spiro atoms. The Morgan fingerprint density at radius 1 is 1.13 bits per heavy atom. The summed E-state index contributed by atoms with van der Waals surface area (Å²) in [5.74, 6) is 1.15. The van der Waals surface area contributed by atoms with Crippen molar-refractivity contribution in [1.29, 1.82) is 0 Å². The van der Waals surface area contributed by atoms with Crippen molar-refractivity contribution in [2.45, 2.75) is 18.8 Å². The maximum absolute atomic E-state index is 12.9. The second-order valence-electron chi connectivity index (χ2n) is 7.04. The second-order valence-corrected chi connectivity index (χ2v) is 8.05. The van der Waals surface area contributed by atoms with Gasteiger partial charge < -0.3 is 14.4 Å². The smallest absolute Gasteiger partial charge is 0.260 e. The Morgan fingerprint density at radius 2 is 1.87 bits per heavy atom. The molecule has 2 heterocycles. The van der Waals surface area contributed by atoms with Crippen LogP contribution in [0.5, 0.6) is 11.5 Å². The van der Waals surface area contributed by atoms with Crippen LogP contribution in [-0.4, -0.2) is 47.8 Å². The van der Waals surface area contributed by atoms with Crippen molar-refractivity contribution in [1.82, 2.24) is 15.1 Å². The van der Waals surface area contributed by atoms with Crippen LogP contribution < -0.4 is 9.47 Å². The molecule has 30 heavy (non-hydrogen) atoms. The summed E-state index contributed by atoms with van der Waals surface area (Å²) >= 11 is 1.58. The molecule has 4 rings (SSSR count). The number of para-hydroxylation sites is 1. The summed E-state index contributed by atoms with van der Waals surface area (Å²) in [7, 11) is 1.65. The van der Waals surface area contributed by atoms with Gasteiger partial charge in [0.1, 0.15) is 22.3 Å². The first-order valence-corrected chi connectivity index (χ1v) is 10.6. The number of nitrogens with zero attached hydrogens (tertiary/aromatic N) is 3. The summed E-state index contributed by atoms with van der Waals surface area (Å²) < 4.78 is 23.8. The topological polar surface area (TPSA) is 64.6 Å². The van der Waals surface area contributed by atoms with Gasteiger partial charge in [-0.3, -0.25) is 4.79 Å². The van der Waals surface area contributed by atoms with Crippen molar-refractivity contribution < 1.29 is 18.7 Å². The average molecular weight is 428 g/mol. The number of rotatable bonds is 6. The predicted molar refractivity (Wildman–Crippen MR) is 112 cm³/mol.